The molecule has 11 aromatic carbocycles. The van der Waals surface area contributed by atoms with Crippen molar-refractivity contribution in [1.29, 1.82) is 0 Å². The minimum absolute atomic E-state index is 0.0432. The summed E-state index contributed by atoms with van der Waals surface area (Å²) >= 11 is 0. The quantitative estimate of drug-likeness (QED) is 0.146. The van der Waals surface area contributed by atoms with Crippen molar-refractivity contribution in [3.05, 3.63) is 276 Å². The number of rotatable bonds is 7. The van der Waals surface area contributed by atoms with Crippen LogP contribution in [0.5, 0.6) is 0 Å². The molecule has 0 N–H and O–H groups in total. The predicted octanol–water partition coefficient (Wildman–Crippen LogP) is 17.9. The van der Waals surface area contributed by atoms with Crippen molar-refractivity contribution in [1.82, 2.24) is 9.13 Å². The summed E-state index contributed by atoms with van der Waals surface area (Å²) in [5, 5.41) is 5.03. The molecule has 344 valence electrons. The third kappa shape index (κ3) is 6.92. The first-order valence-corrected chi connectivity index (χ1v) is 25.2. The summed E-state index contributed by atoms with van der Waals surface area (Å²) < 4.78 is 4.41. The fourth-order valence-electron chi connectivity index (χ4n) is 11.9. The third-order valence-electron chi connectivity index (χ3n) is 15.5. The maximum absolute atomic E-state index is 14.9. The first kappa shape index (κ1) is 42.6. The lowest BCUT2D eigenvalue weighted by atomic mass is 9.82. The van der Waals surface area contributed by atoms with E-state index in [0.29, 0.717) is 5.39 Å². The average molecular weight is 933 g/mol. The lowest BCUT2D eigenvalue weighted by Gasteiger charge is -2.22. The first-order valence-electron chi connectivity index (χ1n) is 25.2. The van der Waals surface area contributed by atoms with Gasteiger partial charge < -0.3 is 4.57 Å². The van der Waals surface area contributed by atoms with Gasteiger partial charge in [0.05, 0.1) is 22.2 Å². The van der Waals surface area contributed by atoms with Crippen molar-refractivity contribution in [3.63, 3.8) is 0 Å². The molecule has 0 atom stereocenters. The fourth-order valence-corrected chi connectivity index (χ4v) is 11.9. The van der Waals surface area contributed by atoms with Crippen LogP contribution in [0.15, 0.2) is 260 Å². The lowest BCUT2D eigenvalue weighted by Crippen LogP contribution is -2.19. The Morgan fingerprint density at radius 3 is 1.21 bits per heavy atom. The highest BCUT2D eigenvalue weighted by Crippen LogP contribution is 2.51. The number of pyridine rings is 1. The molecule has 0 bridgehead atoms. The molecule has 1 aliphatic carbocycles. The molecule has 0 fully saturated rings. The Morgan fingerprint density at radius 2 is 0.685 bits per heavy atom. The number of aromatic nitrogens is 2. The molecule has 0 spiro atoms. The number of benzene rings is 11. The highest BCUT2D eigenvalue weighted by atomic mass is 16.1. The molecule has 2 aromatic heterocycles. The maximum Gasteiger partial charge on any atom is 0.263 e. The van der Waals surface area contributed by atoms with Gasteiger partial charge in [0, 0.05) is 32.6 Å². The highest BCUT2D eigenvalue weighted by Gasteiger charge is 2.36. The Morgan fingerprint density at radius 1 is 0.274 bits per heavy atom. The Labute approximate surface area is 424 Å². The van der Waals surface area contributed by atoms with E-state index in [4.69, 9.17) is 0 Å². The minimum atomic E-state index is -0.172. The highest BCUT2D eigenvalue weighted by molar-refractivity contribution is 6.14. The van der Waals surface area contributed by atoms with Gasteiger partial charge in [-0.2, -0.15) is 0 Å². The molecule has 0 amide bonds. The second-order valence-corrected chi connectivity index (χ2v) is 20.1. The zero-order valence-electron chi connectivity index (χ0n) is 40.6. The summed E-state index contributed by atoms with van der Waals surface area (Å²) in [5.74, 6) is 0. The van der Waals surface area contributed by atoms with Gasteiger partial charge in [0.15, 0.2) is 0 Å². The average Bonchev–Trinajstić information content (AvgIpc) is 3.89. The van der Waals surface area contributed by atoms with Gasteiger partial charge >= 0.3 is 0 Å². The zero-order chi connectivity index (χ0) is 48.8. The van der Waals surface area contributed by atoms with Crippen LogP contribution in [0.4, 0.5) is 0 Å². The van der Waals surface area contributed by atoms with E-state index in [-0.39, 0.29) is 11.0 Å². The third-order valence-corrected chi connectivity index (χ3v) is 15.5. The second-order valence-electron chi connectivity index (χ2n) is 20.1. The van der Waals surface area contributed by atoms with E-state index in [0.717, 1.165) is 66.6 Å². The molecule has 2 heterocycles. The van der Waals surface area contributed by atoms with Gasteiger partial charge in [-0.15, -0.1) is 0 Å². The number of fused-ring (bicyclic) bond motifs is 9. The van der Waals surface area contributed by atoms with E-state index in [1.54, 1.807) is 0 Å². The molecule has 0 saturated heterocycles. The number of hydrogen-bond donors (Lipinski definition) is 0. The first-order chi connectivity index (χ1) is 35.9. The SMILES string of the molecule is CC1(C)c2ccccc2-c2cc3c4cc(-c5ccc6c(c5)c5ccccc5c(=O)n6-c5cc(-c6ccccc6)cc(-c6ccccc6)c5)ccc4n(-c4cc(-c5ccccc5)cc(-c5ccccc5)c4)c3cc21. The van der Waals surface area contributed by atoms with Gasteiger partial charge in [-0.05, 0) is 162 Å². The Bertz CT molecular complexity index is 4280. The second kappa shape index (κ2) is 16.7. The molecule has 0 saturated carbocycles. The van der Waals surface area contributed by atoms with Crippen LogP contribution in [0, 0.1) is 0 Å². The molecule has 3 nitrogen and oxygen atoms in total. The molecule has 0 aliphatic heterocycles. The van der Waals surface area contributed by atoms with Gasteiger partial charge in [0.1, 0.15) is 0 Å². The van der Waals surface area contributed by atoms with Crippen molar-refractivity contribution < 1.29 is 0 Å². The van der Waals surface area contributed by atoms with Gasteiger partial charge in [-0.3, -0.25) is 9.36 Å². The smallest absolute Gasteiger partial charge is 0.263 e. The summed E-state index contributed by atoms with van der Waals surface area (Å²) in [6.07, 6.45) is 0. The molecule has 73 heavy (non-hydrogen) atoms. The van der Waals surface area contributed by atoms with Crippen LogP contribution in [0.1, 0.15) is 25.0 Å². The topological polar surface area (TPSA) is 26.9 Å². The number of hydrogen-bond acceptors (Lipinski definition) is 1. The Balaban J connectivity index is 1.00. The predicted molar refractivity (Wildman–Crippen MR) is 306 cm³/mol. The van der Waals surface area contributed by atoms with Crippen LogP contribution in [-0.2, 0) is 5.41 Å². The number of nitrogens with zero attached hydrogens (tertiary/aromatic N) is 2. The Hall–Kier alpha value is -9.31. The zero-order valence-corrected chi connectivity index (χ0v) is 40.6. The fraction of sp³-hybridized carbons (Fsp3) is 0.0429. The van der Waals surface area contributed by atoms with Crippen LogP contribution in [0.25, 0.3) is 122 Å². The maximum atomic E-state index is 14.9. The van der Waals surface area contributed by atoms with Crippen molar-refractivity contribution in [2.75, 3.05) is 0 Å². The van der Waals surface area contributed by atoms with Crippen LogP contribution in [0.3, 0.4) is 0 Å². The normalized spacial score (nSPS) is 12.7. The van der Waals surface area contributed by atoms with E-state index >= 15 is 0 Å². The summed E-state index contributed by atoms with van der Waals surface area (Å²) in [6, 6.07) is 91.4. The van der Waals surface area contributed by atoms with Crippen molar-refractivity contribution >= 4 is 43.5 Å². The van der Waals surface area contributed by atoms with Crippen molar-refractivity contribution in [2.24, 2.45) is 0 Å². The molecule has 0 radical (unpaired) electrons. The molecule has 14 rings (SSSR count). The van der Waals surface area contributed by atoms with Gasteiger partial charge in [0.2, 0.25) is 0 Å². The van der Waals surface area contributed by atoms with Crippen LogP contribution in [-0.4, -0.2) is 9.13 Å². The monoisotopic (exact) mass is 932 g/mol. The van der Waals surface area contributed by atoms with Gasteiger partial charge in [0.25, 0.3) is 5.56 Å². The van der Waals surface area contributed by atoms with E-state index in [1.165, 1.54) is 60.8 Å². The van der Waals surface area contributed by atoms with E-state index in [1.807, 2.05) is 34.9 Å². The van der Waals surface area contributed by atoms with Crippen LogP contribution in [0.2, 0.25) is 0 Å². The summed E-state index contributed by atoms with van der Waals surface area (Å²) in [7, 11) is 0. The van der Waals surface area contributed by atoms with E-state index < -0.39 is 0 Å². The van der Waals surface area contributed by atoms with Gasteiger partial charge in [-0.1, -0.05) is 190 Å². The van der Waals surface area contributed by atoms with Gasteiger partial charge in [-0.25, -0.2) is 0 Å². The molecule has 13 aromatic rings. The molecule has 3 heteroatoms. The van der Waals surface area contributed by atoms with Crippen molar-refractivity contribution in [2.45, 2.75) is 19.3 Å². The summed E-state index contributed by atoms with van der Waals surface area (Å²) in [5.41, 5.74) is 21.4. The minimum Gasteiger partial charge on any atom is -0.309 e. The van der Waals surface area contributed by atoms with Crippen LogP contribution < -0.4 is 5.56 Å². The largest absolute Gasteiger partial charge is 0.309 e. The molecule has 1 aliphatic rings. The van der Waals surface area contributed by atoms with Crippen molar-refractivity contribution in [3.8, 4) is 78.1 Å². The molecule has 0 unspecified atom stereocenters. The Kier molecular flexibility index (Phi) is 9.71. The lowest BCUT2D eigenvalue weighted by molar-refractivity contribution is 0.661. The van der Waals surface area contributed by atoms with E-state index in [9.17, 15) is 4.79 Å². The summed E-state index contributed by atoms with van der Waals surface area (Å²) in [4.78, 5) is 14.9. The van der Waals surface area contributed by atoms with E-state index in [2.05, 4.69) is 243 Å². The standard InChI is InChI=1S/C70H48N2O/c1-70(2)64-30-18-17-28-58(64)60-43-63-62-42-50(31-33-66(62)71(68(63)44-65(60)70)55-37-51(45-19-7-3-8-20-45)35-52(38-55)46-21-9-4-10-22-46)49-32-34-67-61(41-49)57-27-15-16-29-59(57)69(73)72(67)56-39-53(47-23-11-5-12-24-47)36-54(40-56)48-25-13-6-14-26-48/h3-44H,1-2H3. The summed E-state index contributed by atoms with van der Waals surface area (Å²) in [6.45, 7) is 4.73. The molecular formula is C70H48N2O. The molecular weight excluding hydrogens is 885 g/mol. The van der Waals surface area contributed by atoms with Crippen LogP contribution >= 0.6 is 0 Å².